The predicted octanol–water partition coefficient (Wildman–Crippen LogP) is 3.69. The SMILES string of the molecule is OCc1cc(F)cnc1-c1cc(Cl)cc(Cl)c1. The van der Waals surface area contributed by atoms with Gasteiger partial charge in [0.05, 0.1) is 18.5 Å². The molecule has 0 aliphatic carbocycles. The van der Waals surface area contributed by atoms with E-state index in [0.717, 1.165) is 6.20 Å². The van der Waals surface area contributed by atoms with E-state index in [1.165, 1.54) is 6.07 Å². The molecular weight excluding hydrogens is 264 g/mol. The van der Waals surface area contributed by atoms with Gasteiger partial charge in [-0.15, -0.1) is 0 Å². The summed E-state index contributed by atoms with van der Waals surface area (Å²) in [4.78, 5) is 3.95. The normalized spacial score (nSPS) is 10.6. The summed E-state index contributed by atoms with van der Waals surface area (Å²) in [5, 5.41) is 10.1. The molecule has 0 bridgehead atoms. The van der Waals surface area contributed by atoms with Crippen molar-refractivity contribution < 1.29 is 9.50 Å². The van der Waals surface area contributed by atoms with Gasteiger partial charge in [-0.05, 0) is 24.3 Å². The Bertz CT molecular complexity index is 540. The van der Waals surface area contributed by atoms with Crippen LogP contribution in [0.5, 0.6) is 0 Å². The van der Waals surface area contributed by atoms with Crippen molar-refractivity contribution in [1.82, 2.24) is 4.98 Å². The van der Waals surface area contributed by atoms with Crippen LogP contribution in [0.1, 0.15) is 5.56 Å². The Balaban J connectivity index is 2.59. The van der Waals surface area contributed by atoms with Gasteiger partial charge < -0.3 is 5.11 Å². The van der Waals surface area contributed by atoms with Gasteiger partial charge in [-0.25, -0.2) is 4.39 Å². The van der Waals surface area contributed by atoms with Gasteiger partial charge in [-0.3, -0.25) is 4.98 Å². The van der Waals surface area contributed by atoms with Crippen LogP contribution in [0.2, 0.25) is 10.0 Å². The molecule has 0 aliphatic heterocycles. The highest BCUT2D eigenvalue weighted by atomic mass is 35.5. The van der Waals surface area contributed by atoms with Crippen LogP contribution in [0.15, 0.2) is 30.5 Å². The van der Waals surface area contributed by atoms with E-state index in [4.69, 9.17) is 23.2 Å². The van der Waals surface area contributed by atoms with Crippen LogP contribution >= 0.6 is 23.2 Å². The Kier molecular flexibility index (Phi) is 3.62. The molecule has 5 heteroatoms. The van der Waals surface area contributed by atoms with Gasteiger partial charge in [0.1, 0.15) is 5.82 Å². The van der Waals surface area contributed by atoms with E-state index in [9.17, 15) is 9.50 Å². The molecule has 2 nitrogen and oxygen atoms in total. The number of halogens is 3. The maximum absolute atomic E-state index is 13.0. The number of hydrogen-bond donors (Lipinski definition) is 1. The quantitative estimate of drug-likeness (QED) is 0.904. The van der Waals surface area contributed by atoms with Crippen LogP contribution in [0, 0.1) is 5.82 Å². The molecule has 0 radical (unpaired) electrons. The van der Waals surface area contributed by atoms with Crippen LogP contribution < -0.4 is 0 Å². The number of aromatic nitrogens is 1. The fourth-order valence-corrected chi connectivity index (χ4v) is 2.08. The zero-order valence-electron chi connectivity index (χ0n) is 8.62. The summed E-state index contributed by atoms with van der Waals surface area (Å²) in [5.41, 5.74) is 1.51. The number of hydrogen-bond acceptors (Lipinski definition) is 2. The average molecular weight is 272 g/mol. The van der Waals surface area contributed by atoms with Crippen molar-refractivity contribution in [3.8, 4) is 11.3 Å². The summed E-state index contributed by atoms with van der Waals surface area (Å²) in [6, 6.07) is 6.14. The van der Waals surface area contributed by atoms with E-state index in [2.05, 4.69) is 4.98 Å². The monoisotopic (exact) mass is 271 g/mol. The summed E-state index contributed by atoms with van der Waals surface area (Å²) in [6.45, 7) is -0.301. The van der Waals surface area contributed by atoms with E-state index in [0.29, 0.717) is 26.9 Å². The average Bonchev–Trinajstić information content (AvgIpc) is 2.27. The van der Waals surface area contributed by atoms with Gasteiger partial charge in [0.15, 0.2) is 0 Å². The lowest BCUT2D eigenvalue weighted by atomic mass is 10.1. The number of benzene rings is 1. The summed E-state index contributed by atoms with van der Waals surface area (Å²) in [6.07, 6.45) is 1.09. The topological polar surface area (TPSA) is 33.1 Å². The van der Waals surface area contributed by atoms with Gasteiger partial charge in [0.25, 0.3) is 0 Å². The smallest absolute Gasteiger partial charge is 0.141 e. The number of rotatable bonds is 2. The van der Waals surface area contributed by atoms with Crippen LogP contribution in [0.3, 0.4) is 0 Å². The molecule has 0 atom stereocenters. The molecule has 0 aliphatic rings. The van der Waals surface area contributed by atoms with Crippen molar-refractivity contribution >= 4 is 23.2 Å². The molecule has 0 unspecified atom stereocenters. The summed E-state index contributed by atoms with van der Waals surface area (Å²) in [7, 11) is 0. The van der Waals surface area contributed by atoms with Crippen molar-refractivity contribution in [2.75, 3.05) is 0 Å². The molecule has 0 spiro atoms. The highest BCUT2D eigenvalue weighted by Gasteiger charge is 2.09. The first-order valence-electron chi connectivity index (χ1n) is 4.82. The second-order valence-corrected chi connectivity index (χ2v) is 4.35. The van der Waals surface area contributed by atoms with E-state index in [1.807, 2.05) is 0 Å². The van der Waals surface area contributed by atoms with Crippen LogP contribution in [-0.2, 0) is 6.61 Å². The number of aliphatic hydroxyl groups is 1. The van der Waals surface area contributed by atoms with E-state index >= 15 is 0 Å². The summed E-state index contributed by atoms with van der Waals surface area (Å²) < 4.78 is 13.0. The highest BCUT2D eigenvalue weighted by Crippen LogP contribution is 2.28. The third-order valence-corrected chi connectivity index (χ3v) is 2.68. The molecule has 0 saturated carbocycles. The molecule has 0 fully saturated rings. The Morgan fingerprint density at radius 2 is 1.76 bits per heavy atom. The molecule has 0 amide bonds. The van der Waals surface area contributed by atoms with Crippen molar-refractivity contribution in [2.24, 2.45) is 0 Å². The molecule has 2 rings (SSSR count). The lowest BCUT2D eigenvalue weighted by molar-refractivity contribution is 0.281. The van der Waals surface area contributed by atoms with Gasteiger partial charge in [0, 0.05) is 21.2 Å². The first-order chi connectivity index (χ1) is 8.10. The number of nitrogens with zero attached hydrogens (tertiary/aromatic N) is 1. The standard InChI is InChI=1S/C12H8Cl2FNO/c13-9-1-7(2-10(14)4-9)12-8(6-17)3-11(15)5-16-12/h1-5,17H,6H2. The minimum atomic E-state index is -0.495. The van der Waals surface area contributed by atoms with Gasteiger partial charge >= 0.3 is 0 Å². The molecule has 1 aromatic carbocycles. The van der Waals surface area contributed by atoms with Gasteiger partial charge in [0.2, 0.25) is 0 Å². The maximum Gasteiger partial charge on any atom is 0.141 e. The summed E-state index contributed by atoms with van der Waals surface area (Å²) >= 11 is 11.8. The first kappa shape index (κ1) is 12.3. The fourth-order valence-electron chi connectivity index (χ4n) is 1.55. The van der Waals surface area contributed by atoms with E-state index in [1.54, 1.807) is 18.2 Å². The van der Waals surface area contributed by atoms with Crippen molar-refractivity contribution in [3.63, 3.8) is 0 Å². The van der Waals surface area contributed by atoms with E-state index < -0.39 is 5.82 Å². The first-order valence-corrected chi connectivity index (χ1v) is 5.57. The zero-order chi connectivity index (χ0) is 12.4. The van der Waals surface area contributed by atoms with Crippen molar-refractivity contribution in [3.05, 3.63) is 51.9 Å². The minimum absolute atomic E-state index is 0.301. The third kappa shape index (κ3) is 2.75. The van der Waals surface area contributed by atoms with Crippen molar-refractivity contribution in [1.29, 1.82) is 0 Å². The maximum atomic E-state index is 13.0. The molecule has 88 valence electrons. The van der Waals surface area contributed by atoms with Gasteiger partial charge in [-0.2, -0.15) is 0 Å². The molecule has 2 aromatic rings. The molecular formula is C12H8Cl2FNO. The third-order valence-electron chi connectivity index (χ3n) is 2.24. The number of aliphatic hydroxyl groups excluding tert-OH is 1. The molecule has 0 saturated heterocycles. The largest absolute Gasteiger partial charge is 0.392 e. The Morgan fingerprint density at radius 1 is 1.12 bits per heavy atom. The second-order valence-electron chi connectivity index (χ2n) is 3.48. The number of pyridine rings is 1. The molecule has 1 heterocycles. The predicted molar refractivity (Wildman–Crippen MR) is 65.6 cm³/mol. The lowest BCUT2D eigenvalue weighted by Gasteiger charge is -2.07. The fraction of sp³-hybridized carbons (Fsp3) is 0.0833. The molecule has 1 aromatic heterocycles. The van der Waals surface area contributed by atoms with Crippen molar-refractivity contribution in [2.45, 2.75) is 6.61 Å². The second kappa shape index (κ2) is 5.00. The van der Waals surface area contributed by atoms with Crippen LogP contribution in [0.25, 0.3) is 11.3 Å². The Hall–Kier alpha value is -1.16. The summed E-state index contributed by atoms with van der Waals surface area (Å²) in [5.74, 6) is -0.495. The molecule has 1 N–H and O–H groups in total. The zero-order valence-corrected chi connectivity index (χ0v) is 10.1. The van der Waals surface area contributed by atoms with Crippen LogP contribution in [0.4, 0.5) is 4.39 Å². The highest BCUT2D eigenvalue weighted by molar-refractivity contribution is 6.35. The van der Waals surface area contributed by atoms with Gasteiger partial charge in [-0.1, -0.05) is 23.2 Å². The Morgan fingerprint density at radius 3 is 2.35 bits per heavy atom. The van der Waals surface area contributed by atoms with Crippen LogP contribution in [-0.4, -0.2) is 10.1 Å². The molecule has 17 heavy (non-hydrogen) atoms. The van der Waals surface area contributed by atoms with E-state index in [-0.39, 0.29) is 6.61 Å². The lowest BCUT2D eigenvalue weighted by Crippen LogP contribution is -1.95. The Labute approximate surface area is 108 Å². The minimum Gasteiger partial charge on any atom is -0.392 e.